The number of hydrogen-bond acceptors (Lipinski definition) is 0. The maximum atomic E-state index is 12.1. The second-order valence-electron chi connectivity index (χ2n) is 2.44. The van der Waals surface area contributed by atoms with Crippen molar-refractivity contribution in [1.29, 1.82) is 0 Å². The smallest absolute Gasteiger partial charge is 0.195 e. The Labute approximate surface area is 95.7 Å². The lowest BCUT2D eigenvalue weighted by Crippen LogP contribution is -2.07. The average molecular weight is 410 g/mol. The molecule has 0 saturated heterocycles. The van der Waals surface area contributed by atoms with Crippen molar-refractivity contribution in [3.05, 3.63) is 0 Å². The fourth-order valence-electron chi connectivity index (χ4n) is 0.651. The molecule has 0 unspecified atom stereocenters. The Morgan fingerprint density at radius 1 is 0.750 bits per heavy atom. The molecule has 0 aromatic carbocycles. The maximum Gasteiger partial charge on any atom is 0.296 e. The zero-order valence-corrected chi connectivity index (χ0v) is 10.4. The van der Waals surface area contributed by atoms with Gasteiger partial charge in [0.2, 0.25) is 0 Å². The summed E-state index contributed by atoms with van der Waals surface area (Å²) in [5, 5.41) is 0. The molecular formula is C6H8F4I2. The summed E-state index contributed by atoms with van der Waals surface area (Å²) in [6, 6.07) is 0. The van der Waals surface area contributed by atoms with Crippen LogP contribution in [0.2, 0.25) is 0 Å². The van der Waals surface area contributed by atoms with Crippen LogP contribution in [0.3, 0.4) is 0 Å². The van der Waals surface area contributed by atoms with Gasteiger partial charge in [0.05, 0.1) is 0 Å². The molecule has 0 aliphatic carbocycles. The average Bonchev–Trinajstić information content (AvgIpc) is 1.76. The monoisotopic (exact) mass is 410 g/mol. The first kappa shape index (κ1) is 13.2. The first-order valence-electron chi connectivity index (χ1n) is 3.34. The SMILES string of the molecule is FC(F)(I)CCCCC(F)(F)I. The van der Waals surface area contributed by atoms with Gasteiger partial charge >= 0.3 is 0 Å². The highest BCUT2D eigenvalue weighted by Gasteiger charge is 2.25. The Kier molecular flexibility index (Phi) is 5.67. The number of alkyl halides is 6. The lowest BCUT2D eigenvalue weighted by atomic mass is 10.2. The third-order valence-electron chi connectivity index (χ3n) is 1.17. The largest absolute Gasteiger partial charge is 0.296 e. The Balaban J connectivity index is 3.35. The Hall–Kier alpha value is 1.18. The van der Waals surface area contributed by atoms with E-state index in [-0.39, 0.29) is 25.7 Å². The minimum absolute atomic E-state index is 0.147. The van der Waals surface area contributed by atoms with E-state index in [2.05, 4.69) is 0 Å². The molecule has 0 aromatic heterocycles. The molecule has 0 aliphatic rings. The van der Waals surface area contributed by atoms with E-state index in [1.807, 2.05) is 0 Å². The van der Waals surface area contributed by atoms with E-state index >= 15 is 0 Å². The molecular weight excluding hydrogens is 402 g/mol. The van der Waals surface area contributed by atoms with E-state index in [0.717, 1.165) is 45.2 Å². The molecule has 0 rings (SSSR count). The van der Waals surface area contributed by atoms with Gasteiger partial charge in [0, 0.05) is 12.8 Å². The standard InChI is InChI=1S/C6H8F4I2/c7-5(8,11)3-1-2-4-6(9,10)12/h1-4H2. The highest BCUT2D eigenvalue weighted by Crippen LogP contribution is 2.32. The van der Waals surface area contributed by atoms with Crippen molar-refractivity contribution in [2.24, 2.45) is 0 Å². The Morgan fingerprint density at radius 2 is 1.00 bits per heavy atom. The molecule has 0 spiro atoms. The predicted octanol–water partition coefficient (Wildman–Crippen LogP) is 4.60. The van der Waals surface area contributed by atoms with Crippen LogP contribution in [0.5, 0.6) is 0 Å². The first-order valence-corrected chi connectivity index (χ1v) is 5.50. The molecule has 74 valence electrons. The van der Waals surface area contributed by atoms with E-state index in [1.54, 1.807) is 0 Å². The highest BCUT2D eigenvalue weighted by molar-refractivity contribution is 14.1. The summed E-state index contributed by atoms with van der Waals surface area (Å²) < 4.78 is 43.1. The van der Waals surface area contributed by atoms with Gasteiger partial charge in [-0.25, -0.2) is 0 Å². The zero-order chi connectivity index (χ0) is 9.83. The van der Waals surface area contributed by atoms with Crippen molar-refractivity contribution in [2.45, 2.75) is 33.5 Å². The molecule has 0 bridgehead atoms. The number of unbranched alkanes of at least 4 members (excludes halogenated alkanes) is 1. The molecule has 6 heteroatoms. The van der Waals surface area contributed by atoms with Gasteiger partial charge in [0.15, 0.2) is 0 Å². The van der Waals surface area contributed by atoms with E-state index in [0.29, 0.717) is 0 Å². The molecule has 0 N–H and O–H groups in total. The molecule has 0 amide bonds. The number of rotatable bonds is 5. The summed E-state index contributed by atoms with van der Waals surface area (Å²) in [4.78, 5) is 0. The summed E-state index contributed by atoms with van der Waals surface area (Å²) in [5.74, 6) is 0. The maximum absolute atomic E-state index is 12.1. The van der Waals surface area contributed by atoms with E-state index in [1.165, 1.54) is 0 Å². The van der Waals surface area contributed by atoms with Crippen molar-refractivity contribution in [3.8, 4) is 0 Å². The molecule has 0 saturated carbocycles. The van der Waals surface area contributed by atoms with Gasteiger partial charge in [-0.15, -0.1) is 0 Å². The predicted molar refractivity (Wildman–Crippen MR) is 56.4 cm³/mol. The summed E-state index contributed by atoms with van der Waals surface area (Å²) in [7, 11) is 0. The van der Waals surface area contributed by atoms with Crippen molar-refractivity contribution < 1.29 is 17.6 Å². The quantitative estimate of drug-likeness (QED) is 0.269. The van der Waals surface area contributed by atoms with Crippen LogP contribution in [-0.4, -0.2) is 7.86 Å². The van der Waals surface area contributed by atoms with Gasteiger partial charge in [-0.2, -0.15) is 17.6 Å². The van der Waals surface area contributed by atoms with Crippen LogP contribution in [0, 0.1) is 0 Å². The van der Waals surface area contributed by atoms with Crippen molar-refractivity contribution in [1.82, 2.24) is 0 Å². The van der Waals surface area contributed by atoms with E-state index < -0.39 is 7.86 Å². The first-order chi connectivity index (χ1) is 5.21. The van der Waals surface area contributed by atoms with Crippen LogP contribution in [0.15, 0.2) is 0 Å². The molecule has 0 radical (unpaired) electrons. The van der Waals surface area contributed by atoms with Gasteiger partial charge in [-0.05, 0) is 58.0 Å². The Bertz CT molecular complexity index is 110. The second kappa shape index (κ2) is 5.16. The number of halogens is 6. The van der Waals surface area contributed by atoms with Crippen LogP contribution in [0.4, 0.5) is 17.6 Å². The zero-order valence-electron chi connectivity index (χ0n) is 6.10. The van der Waals surface area contributed by atoms with Gasteiger partial charge in [-0.3, -0.25) is 0 Å². The molecule has 12 heavy (non-hydrogen) atoms. The fraction of sp³-hybridized carbons (Fsp3) is 1.00. The summed E-state index contributed by atoms with van der Waals surface area (Å²) in [5.41, 5.74) is 0. The summed E-state index contributed by atoms with van der Waals surface area (Å²) >= 11 is 2.03. The normalized spacial score (nSPS) is 13.5. The highest BCUT2D eigenvalue weighted by atomic mass is 127. The fourth-order valence-corrected chi connectivity index (χ4v) is 1.41. The van der Waals surface area contributed by atoms with Gasteiger partial charge < -0.3 is 0 Å². The number of hydrogen-bond donors (Lipinski definition) is 0. The van der Waals surface area contributed by atoms with Gasteiger partial charge in [-0.1, -0.05) is 0 Å². The van der Waals surface area contributed by atoms with Crippen molar-refractivity contribution in [2.75, 3.05) is 0 Å². The lowest BCUT2D eigenvalue weighted by Gasteiger charge is -2.09. The van der Waals surface area contributed by atoms with Crippen LogP contribution in [0.25, 0.3) is 0 Å². The minimum atomic E-state index is -2.75. The van der Waals surface area contributed by atoms with E-state index in [4.69, 9.17) is 0 Å². The summed E-state index contributed by atoms with van der Waals surface area (Å²) in [6.07, 6.45) is -0.344. The molecule has 0 nitrogen and oxygen atoms in total. The van der Waals surface area contributed by atoms with Crippen LogP contribution in [-0.2, 0) is 0 Å². The van der Waals surface area contributed by atoms with Gasteiger partial charge in [0.1, 0.15) is 0 Å². The minimum Gasteiger partial charge on any atom is -0.195 e. The van der Waals surface area contributed by atoms with Crippen LogP contribution in [0.1, 0.15) is 25.7 Å². The third-order valence-corrected chi connectivity index (χ3v) is 2.25. The summed E-state index contributed by atoms with van der Waals surface area (Å²) in [6.45, 7) is 0. The molecule has 0 aliphatic heterocycles. The topological polar surface area (TPSA) is 0 Å². The van der Waals surface area contributed by atoms with Crippen LogP contribution >= 0.6 is 45.2 Å². The second-order valence-corrected chi connectivity index (χ2v) is 5.59. The third kappa shape index (κ3) is 11.2. The van der Waals surface area contributed by atoms with Crippen LogP contribution < -0.4 is 0 Å². The lowest BCUT2D eigenvalue weighted by molar-refractivity contribution is 0.0960. The molecule has 0 atom stereocenters. The van der Waals surface area contributed by atoms with E-state index in [9.17, 15) is 17.6 Å². The molecule has 0 fully saturated rings. The molecule has 0 aromatic rings. The van der Waals surface area contributed by atoms with Crippen molar-refractivity contribution in [3.63, 3.8) is 0 Å². The Morgan fingerprint density at radius 3 is 1.17 bits per heavy atom. The molecule has 0 heterocycles. The van der Waals surface area contributed by atoms with Crippen molar-refractivity contribution >= 4 is 45.2 Å². The van der Waals surface area contributed by atoms with Gasteiger partial charge in [0.25, 0.3) is 7.86 Å².